The summed E-state index contributed by atoms with van der Waals surface area (Å²) >= 11 is 0. The van der Waals surface area contributed by atoms with Gasteiger partial charge in [-0.1, -0.05) is 6.07 Å². The van der Waals surface area contributed by atoms with Gasteiger partial charge in [-0.3, -0.25) is 4.79 Å². The van der Waals surface area contributed by atoms with Gasteiger partial charge in [0.05, 0.1) is 20.1 Å². The average Bonchev–Trinajstić information content (AvgIpc) is 3.08. The number of benzene rings is 1. The molecule has 5 heteroatoms. The molecular weight excluding hydrogens is 239 g/mol. The van der Waals surface area contributed by atoms with E-state index in [0.29, 0.717) is 24.5 Å². The minimum Gasteiger partial charge on any atom is -0.490 e. The zero-order valence-electron chi connectivity index (χ0n) is 10.4. The summed E-state index contributed by atoms with van der Waals surface area (Å²) < 4.78 is 28.5. The van der Waals surface area contributed by atoms with E-state index in [0.717, 1.165) is 0 Å². The molecule has 0 aliphatic carbocycles. The monoisotopic (exact) mass is 254 g/mol. The van der Waals surface area contributed by atoms with Crippen molar-refractivity contribution in [3.8, 4) is 5.75 Å². The van der Waals surface area contributed by atoms with Crippen molar-refractivity contribution in [2.24, 2.45) is 0 Å². The summed E-state index contributed by atoms with van der Waals surface area (Å²) in [7, 11) is 1.31. The van der Waals surface area contributed by atoms with E-state index in [9.17, 15) is 9.18 Å². The molecule has 0 N–H and O–H groups in total. The topological polar surface area (TPSA) is 48.1 Å². The second-order valence-electron chi connectivity index (χ2n) is 4.53. The van der Waals surface area contributed by atoms with Crippen molar-refractivity contribution < 1.29 is 23.4 Å². The van der Waals surface area contributed by atoms with Crippen molar-refractivity contribution >= 4 is 5.97 Å². The van der Waals surface area contributed by atoms with Crippen molar-refractivity contribution in [2.75, 3.05) is 20.3 Å². The lowest BCUT2D eigenvalue weighted by atomic mass is 10.1. The molecule has 98 valence electrons. The van der Waals surface area contributed by atoms with Crippen LogP contribution in [0.1, 0.15) is 12.5 Å². The molecule has 1 aliphatic heterocycles. The number of hydrogen-bond donors (Lipinski definition) is 0. The molecule has 2 rings (SSSR count). The van der Waals surface area contributed by atoms with Crippen LogP contribution >= 0.6 is 0 Å². The number of carbonyl (C=O) groups excluding carboxylic acids is 1. The summed E-state index contributed by atoms with van der Waals surface area (Å²) in [6.45, 7) is 2.88. The highest BCUT2D eigenvalue weighted by Crippen LogP contribution is 2.28. The van der Waals surface area contributed by atoms with E-state index in [1.807, 2.05) is 6.92 Å². The van der Waals surface area contributed by atoms with Gasteiger partial charge in [-0.15, -0.1) is 0 Å². The molecule has 0 aromatic heterocycles. The first kappa shape index (κ1) is 12.8. The summed E-state index contributed by atoms with van der Waals surface area (Å²) in [4.78, 5) is 11.2. The lowest BCUT2D eigenvalue weighted by molar-refractivity contribution is -0.139. The van der Waals surface area contributed by atoms with Crippen LogP contribution in [0.25, 0.3) is 0 Å². The van der Waals surface area contributed by atoms with Gasteiger partial charge in [0.2, 0.25) is 0 Å². The molecule has 1 heterocycles. The molecule has 1 aliphatic rings. The highest BCUT2D eigenvalue weighted by atomic mass is 19.1. The van der Waals surface area contributed by atoms with Gasteiger partial charge in [0.1, 0.15) is 23.8 Å². The highest BCUT2D eigenvalue weighted by molar-refractivity contribution is 5.73. The second kappa shape index (κ2) is 4.94. The number of ether oxygens (including phenoxy) is 3. The second-order valence-corrected chi connectivity index (χ2v) is 4.53. The molecule has 4 nitrogen and oxygen atoms in total. The van der Waals surface area contributed by atoms with E-state index in [1.165, 1.54) is 25.3 Å². The Kier molecular flexibility index (Phi) is 3.52. The van der Waals surface area contributed by atoms with Crippen LogP contribution in [0, 0.1) is 5.82 Å². The van der Waals surface area contributed by atoms with Gasteiger partial charge in [-0.05, 0) is 13.0 Å². The number of hydrogen-bond acceptors (Lipinski definition) is 4. The van der Waals surface area contributed by atoms with Crippen LogP contribution in [-0.4, -0.2) is 31.9 Å². The van der Waals surface area contributed by atoms with E-state index >= 15 is 0 Å². The van der Waals surface area contributed by atoms with Gasteiger partial charge in [-0.2, -0.15) is 0 Å². The van der Waals surface area contributed by atoms with Crippen LogP contribution < -0.4 is 4.74 Å². The lowest BCUT2D eigenvalue weighted by Crippen LogP contribution is -2.18. The first-order valence-electron chi connectivity index (χ1n) is 5.64. The SMILES string of the molecule is COC(=O)Cc1ccc(F)cc1OC[C@]1(C)CO1. The minimum absolute atomic E-state index is 0.0592. The molecule has 18 heavy (non-hydrogen) atoms. The fourth-order valence-corrected chi connectivity index (χ4v) is 1.47. The maximum atomic E-state index is 13.2. The molecule has 1 fully saturated rings. The van der Waals surface area contributed by atoms with Gasteiger partial charge in [0, 0.05) is 11.6 Å². The fraction of sp³-hybridized carbons (Fsp3) is 0.462. The standard InChI is InChI=1S/C13H15FO4/c1-13(8-18-13)7-17-11-6-10(14)4-3-9(11)5-12(15)16-2/h3-4,6H,5,7-8H2,1-2H3/t13-/m1/s1. The normalized spacial score (nSPS) is 21.5. The third-order valence-corrected chi connectivity index (χ3v) is 2.76. The van der Waals surface area contributed by atoms with E-state index in [2.05, 4.69) is 4.74 Å². The third-order valence-electron chi connectivity index (χ3n) is 2.76. The van der Waals surface area contributed by atoms with Crippen molar-refractivity contribution in [1.82, 2.24) is 0 Å². The largest absolute Gasteiger partial charge is 0.490 e. The van der Waals surface area contributed by atoms with E-state index in [1.54, 1.807) is 0 Å². The zero-order chi connectivity index (χ0) is 13.2. The predicted molar refractivity (Wildman–Crippen MR) is 62.0 cm³/mol. The lowest BCUT2D eigenvalue weighted by Gasteiger charge is -2.12. The Morgan fingerprint density at radius 1 is 1.56 bits per heavy atom. The first-order chi connectivity index (χ1) is 8.52. The number of methoxy groups -OCH3 is 1. The molecular formula is C13H15FO4. The van der Waals surface area contributed by atoms with Gasteiger partial charge in [0.25, 0.3) is 0 Å². The Labute approximate surface area is 105 Å². The fourth-order valence-electron chi connectivity index (χ4n) is 1.47. The van der Waals surface area contributed by atoms with Gasteiger partial charge < -0.3 is 14.2 Å². The van der Waals surface area contributed by atoms with E-state index in [-0.39, 0.29) is 18.0 Å². The Morgan fingerprint density at radius 3 is 2.89 bits per heavy atom. The summed E-state index contributed by atoms with van der Waals surface area (Å²) in [6.07, 6.45) is 0.0592. The average molecular weight is 254 g/mol. The van der Waals surface area contributed by atoms with Crippen molar-refractivity contribution in [3.63, 3.8) is 0 Å². The summed E-state index contributed by atoms with van der Waals surface area (Å²) in [5.74, 6) is -0.432. The number of halogens is 1. The highest BCUT2D eigenvalue weighted by Gasteiger charge is 2.40. The maximum Gasteiger partial charge on any atom is 0.310 e. The van der Waals surface area contributed by atoms with Crippen LogP contribution in [0.5, 0.6) is 5.75 Å². The molecule has 0 amide bonds. The van der Waals surface area contributed by atoms with Gasteiger partial charge in [0.15, 0.2) is 0 Å². The molecule has 0 unspecified atom stereocenters. The van der Waals surface area contributed by atoms with Crippen LogP contribution in [0.15, 0.2) is 18.2 Å². The van der Waals surface area contributed by atoms with Crippen molar-refractivity contribution in [2.45, 2.75) is 18.9 Å². The summed E-state index contributed by atoms with van der Waals surface area (Å²) in [5.41, 5.74) is 0.321. The molecule has 1 aromatic rings. The van der Waals surface area contributed by atoms with E-state index in [4.69, 9.17) is 9.47 Å². The molecule has 1 atom stereocenters. The number of carbonyl (C=O) groups is 1. The smallest absolute Gasteiger partial charge is 0.310 e. The summed E-state index contributed by atoms with van der Waals surface area (Å²) in [5, 5.41) is 0. The quantitative estimate of drug-likeness (QED) is 0.593. The van der Waals surface area contributed by atoms with Gasteiger partial charge in [-0.25, -0.2) is 4.39 Å². The summed E-state index contributed by atoms with van der Waals surface area (Å²) in [6, 6.07) is 4.09. The number of rotatable bonds is 5. The Balaban J connectivity index is 2.09. The van der Waals surface area contributed by atoms with Crippen LogP contribution in [0.2, 0.25) is 0 Å². The molecule has 0 radical (unpaired) electrons. The molecule has 0 saturated carbocycles. The Bertz CT molecular complexity index is 454. The van der Waals surface area contributed by atoms with Crippen LogP contribution in [0.4, 0.5) is 4.39 Å². The Hall–Kier alpha value is -1.62. The molecule has 1 saturated heterocycles. The molecule has 0 spiro atoms. The van der Waals surface area contributed by atoms with Crippen LogP contribution in [0.3, 0.4) is 0 Å². The molecule has 0 bridgehead atoms. The zero-order valence-corrected chi connectivity index (χ0v) is 10.4. The van der Waals surface area contributed by atoms with E-state index < -0.39 is 5.82 Å². The minimum atomic E-state index is -0.402. The maximum absolute atomic E-state index is 13.2. The van der Waals surface area contributed by atoms with Gasteiger partial charge >= 0.3 is 5.97 Å². The van der Waals surface area contributed by atoms with Crippen LogP contribution in [-0.2, 0) is 20.7 Å². The molecule has 1 aromatic carbocycles. The Morgan fingerprint density at radius 2 is 2.28 bits per heavy atom. The predicted octanol–water partition coefficient (Wildman–Crippen LogP) is 1.71. The van der Waals surface area contributed by atoms with Crippen molar-refractivity contribution in [1.29, 1.82) is 0 Å². The third kappa shape index (κ3) is 3.20. The first-order valence-corrected chi connectivity index (χ1v) is 5.64. The number of esters is 1. The van der Waals surface area contributed by atoms with Crippen molar-refractivity contribution in [3.05, 3.63) is 29.6 Å². The number of epoxide rings is 1.